The molecule has 0 saturated heterocycles. The van der Waals surface area contributed by atoms with E-state index in [0.29, 0.717) is 24.5 Å². The minimum atomic E-state index is 0.300. The fourth-order valence-corrected chi connectivity index (χ4v) is 3.53. The predicted octanol–water partition coefficient (Wildman–Crippen LogP) is 3.88. The summed E-state index contributed by atoms with van der Waals surface area (Å²) >= 11 is 1.81. The number of nitrogens with zero attached hydrogens (tertiary/aromatic N) is 1. The number of hydrogen-bond donors (Lipinski definition) is 1. The molecule has 2 unspecified atom stereocenters. The van der Waals surface area contributed by atoms with Crippen LogP contribution < -0.4 is 5.73 Å². The van der Waals surface area contributed by atoms with Crippen molar-refractivity contribution in [2.24, 2.45) is 11.7 Å². The summed E-state index contributed by atoms with van der Waals surface area (Å²) in [7, 11) is 2.19. The lowest BCUT2D eigenvalue weighted by Crippen LogP contribution is -2.39. The fourth-order valence-electron chi connectivity index (χ4n) is 2.52. The minimum absolute atomic E-state index is 0.300. The highest BCUT2D eigenvalue weighted by molar-refractivity contribution is 7.17. The molecule has 2 atom stereocenters. The minimum Gasteiger partial charge on any atom is -0.329 e. The van der Waals surface area contributed by atoms with Gasteiger partial charge in [-0.25, -0.2) is 0 Å². The predicted molar refractivity (Wildman–Crippen MR) is 85.7 cm³/mol. The first-order valence-corrected chi connectivity index (χ1v) is 7.82. The van der Waals surface area contributed by atoms with E-state index in [0.717, 1.165) is 0 Å². The summed E-state index contributed by atoms with van der Waals surface area (Å²) in [4.78, 5) is 2.42. The van der Waals surface area contributed by atoms with E-state index in [2.05, 4.69) is 62.4 Å². The van der Waals surface area contributed by atoms with Crippen molar-refractivity contribution in [3.63, 3.8) is 0 Å². The Morgan fingerprint density at radius 1 is 1.21 bits per heavy atom. The Labute approximate surface area is 120 Å². The van der Waals surface area contributed by atoms with Crippen LogP contribution in [0.15, 0.2) is 29.6 Å². The van der Waals surface area contributed by atoms with Gasteiger partial charge in [0.15, 0.2) is 0 Å². The number of rotatable bonds is 5. The van der Waals surface area contributed by atoms with Crippen molar-refractivity contribution in [1.29, 1.82) is 0 Å². The van der Waals surface area contributed by atoms with Crippen molar-refractivity contribution in [2.75, 3.05) is 13.6 Å². The molecule has 1 heterocycles. The quantitative estimate of drug-likeness (QED) is 0.898. The Bertz CT molecular complexity index is 532. The molecule has 0 fully saturated rings. The van der Waals surface area contributed by atoms with E-state index < -0.39 is 0 Å². The molecule has 0 radical (unpaired) electrons. The lowest BCUT2D eigenvalue weighted by Gasteiger charge is -2.34. The first kappa shape index (κ1) is 14.5. The van der Waals surface area contributed by atoms with E-state index in [1.807, 2.05) is 11.3 Å². The molecule has 2 aromatic rings. The second-order valence-electron chi connectivity index (χ2n) is 5.59. The van der Waals surface area contributed by atoms with Gasteiger partial charge in [-0.05, 0) is 42.3 Å². The lowest BCUT2D eigenvalue weighted by molar-refractivity contribution is 0.153. The molecule has 0 amide bonds. The third-order valence-electron chi connectivity index (χ3n) is 4.19. The molecular formula is C16H24N2S. The Balaban J connectivity index is 2.36. The molecule has 19 heavy (non-hydrogen) atoms. The molecule has 0 aliphatic carbocycles. The molecule has 2 rings (SSSR count). The van der Waals surface area contributed by atoms with Crippen LogP contribution in [0.25, 0.3) is 10.1 Å². The van der Waals surface area contributed by atoms with E-state index in [1.165, 1.54) is 15.6 Å². The molecule has 0 aliphatic rings. The molecular weight excluding hydrogens is 252 g/mol. The summed E-state index contributed by atoms with van der Waals surface area (Å²) in [5, 5.41) is 3.62. The smallest absolute Gasteiger partial charge is 0.0484 e. The second kappa shape index (κ2) is 6.04. The lowest BCUT2D eigenvalue weighted by atomic mass is 9.99. The van der Waals surface area contributed by atoms with Crippen LogP contribution >= 0.6 is 11.3 Å². The van der Waals surface area contributed by atoms with Crippen LogP contribution in [0.3, 0.4) is 0 Å². The third-order valence-corrected chi connectivity index (χ3v) is 5.17. The number of likely N-dealkylation sites (N-methyl/N-ethyl adjacent to an activating group) is 1. The molecule has 1 aromatic heterocycles. The molecule has 2 N–H and O–H groups in total. The zero-order chi connectivity index (χ0) is 14.0. The summed E-state index contributed by atoms with van der Waals surface area (Å²) in [5.74, 6) is 0.629. The van der Waals surface area contributed by atoms with Crippen LogP contribution in [0.5, 0.6) is 0 Å². The zero-order valence-electron chi connectivity index (χ0n) is 12.3. The normalized spacial score (nSPS) is 15.3. The van der Waals surface area contributed by atoms with Crippen LogP contribution in [0.1, 0.15) is 32.4 Å². The van der Waals surface area contributed by atoms with Gasteiger partial charge in [-0.3, -0.25) is 4.90 Å². The molecule has 2 nitrogen and oxygen atoms in total. The average molecular weight is 276 g/mol. The van der Waals surface area contributed by atoms with E-state index in [4.69, 9.17) is 5.73 Å². The summed E-state index contributed by atoms with van der Waals surface area (Å²) in [6.45, 7) is 7.47. The molecule has 0 saturated carbocycles. The van der Waals surface area contributed by atoms with Gasteiger partial charge in [0.25, 0.3) is 0 Å². The fraction of sp³-hybridized carbons (Fsp3) is 0.500. The van der Waals surface area contributed by atoms with Gasteiger partial charge in [0.1, 0.15) is 0 Å². The number of benzene rings is 1. The van der Waals surface area contributed by atoms with Gasteiger partial charge in [0, 0.05) is 23.3 Å². The van der Waals surface area contributed by atoms with E-state index in [-0.39, 0.29) is 0 Å². The van der Waals surface area contributed by atoms with Crippen LogP contribution in [-0.2, 0) is 0 Å². The SMILES string of the molecule is CC(C)C(C)N(C)C(CN)c1csc2ccccc12. The number of hydrogen-bond acceptors (Lipinski definition) is 3. The molecule has 3 heteroatoms. The van der Waals surface area contributed by atoms with Crippen LogP contribution in [0, 0.1) is 5.92 Å². The maximum absolute atomic E-state index is 6.06. The summed E-state index contributed by atoms with van der Waals surface area (Å²) in [6, 6.07) is 9.42. The number of nitrogens with two attached hydrogens (primary N) is 1. The Kier molecular flexibility index (Phi) is 4.61. The van der Waals surface area contributed by atoms with Crippen molar-refractivity contribution in [1.82, 2.24) is 4.90 Å². The summed E-state index contributed by atoms with van der Waals surface area (Å²) in [5.41, 5.74) is 7.43. The van der Waals surface area contributed by atoms with Crippen molar-refractivity contribution in [3.05, 3.63) is 35.2 Å². The van der Waals surface area contributed by atoms with Crippen molar-refractivity contribution < 1.29 is 0 Å². The van der Waals surface area contributed by atoms with Gasteiger partial charge in [0.05, 0.1) is 0 Å². The molecule has 0 aliphatic heterocycles. The van der Waals surface area contributed by atoms with Crippen LogP contribution in [0.2, 0.25) is 0 Å². The highest BCUT2D eigenvalue weighted by Gasteiger charge is 2.24. The summed E-state index contributed by atoms with van der Waals surface area (Å²) in [6.07, 6.45) is 0. The van der Waals surface area contributed by atoms with Crippen LogP contribution in [0.4, 0.5) is 0 Å². The van der Waals surface area contributed by atoms with Gasteiger partial charge >= 0.3 is 0 Å². The van der Waals surface area contributed by atoms with Gasteiger partial charge in [-0.15, -0.1) is 11.3 Å². The number of fused-ring (bicyclic) bond motifs is 1. The summed E-state index contributed by atoms with van der Waals surface area (Å²) < 4.78 is 1.35. The zero-order valence-corrected chi connectivity index (χ0v) is 13.1. The highest BCUT2D eigenvalue weighted by atomic mass is 32.1. The topological polar surface area (TPSA) is 29.3 Å². The van der Waals surface area contributed by atoms with E-state index in [9.17, 15) is 0 Å². The van der Waals surface area contributed by atoms with Crippen LogP contribution in [-0.4, -0.2) is 24.5 Å². The average Bonchev–Trinajstić information content (AvgIpc) is 2.83. The van der Waals surface area contributed by atoms with E-state index in [1.54, 1.807) is 0 Å². The van der Waals surface area contributed by atoms with Crippen molar-refractivity contribution in [3.8, 4) is 0 Å². The first-order chi connectivity index (χ1) is 9.06. The molecule has 104 valence electrons. The Hall–Kier alpha value is -0.900. The van der Waals surface area contributed by atoms with Crippen molar-refractivity contribution >= 4 is 21.4 Å². The Morgan fingerprint density at radius 2 is 1.89 bits per heavy atom. The third kappa shape index (κ3) is 2.83. The second-order valence-corrected chi connectivity index (χ2v) is 6.50. The Morgan fingerprint density at radius 3 is 2.53 bits per heavy atom. The monoisotopic (exact) mass is 276 g/mol. The molecule has 1 aromatic carbocycles. The molecule has 0 spiro atoms. The van der Waals surface area contributed by atoms with Crippen molar-refractivity contribution in [2.45, 2.75) is 32.9 Å². The standard InChI is InChI=1S/C16H24N2S/c1-11(2)12(3)18(4)15(9-17)14-10-19-16-8-6-5-7-13(14)16/h5-8,10-12,15H,9,17H2,1-4H3. The number of thiophene rings is 1. The maximum atomic E-state index is 6.06. The van der Waals surface area contributed by atoms with Gasteiger partial charge < -0.3 is 5.73 Å². The van der Waals surface area contributed by atoms with Gasteiger partial charge in [-0.2, -0.15) is 0 Å². The molecule has 0 bridgehead atoms. The largest absolute Gasteiger partial charge is 0.329 e. The van der Waals surface area contributed by atoms with E-state index >= 15 is 0 Å². The first-order valence-electron chi connectivity index (χ1n) is 6.94. The maximum Gasteiger partial charge on any atom is 0.0484 e. The highest BCUT2D eigenvalue weighted by Crippen LogP contribution is 2.33. The van der Waals surface area contributed by atoms with Gasteiger partial charge in [0.2, 0.25) is 0 Å². The van der Waals surface area contributed by atoms with Gasteiger partial charge in [-0.1, -0.05) is 32.0 Å².